The number of nitrogens with one attached hydrogen (secondary N) is 2. The molecule has 0 spiro atoms. The van der Waals surface area contributed by atoms with Crippen LogP contribution in [0, 0.1) is 4.77 Å². The molecule has 8 heteroatoms. The molecule has 1 aromatic carbocycles. The van der Waals surface area contributed by atoms with Crippen LogP contribution in [0.15, 0.2) is 29.1 Å². The molecule has 0 unspecified atom stereocenters. The van der Waals surface area contributed by atoms with E-state index in [1.807, 2.05) is 4.57 Å². The predicted octanol–water partition coefficient (Wildman–Crippen LogP) is 3.41. The van der Waals surface area contributed by atoms with E-state index in [1.54, 1.807) is 31.4 Å². The molecule has 0 bridgehead atoms. The molecule has 2 heterocycles. The summed E-state index contributed by atoms with van der Waals surface area (Å²) in [5.41, 5.74) is 1.24. The Labute approximate surface area is 156 Å². The molecule has 1 aliphatic heterocycles. The molecule has 2 N–H and O–H groups in total. The van der Waals surface area contributed by atoms with Crippen molar-refractivity contribution in [2.75, 3.05) is 13.7 Å². The number of H-pyrrole nitrogens is 1. The summed E-state index contributed by atoms with van der Waals surface area (Å²) >= 11 is 11.5. The molecule has 1 aromatic heterocycles. The third-order valence-corrected chi connectivity index (χ3v) is 4.59. The van der Waals surface area contributed by atoms with Crippen LogP contribution in [-0.4, -0.2) is 29.2 Å². The van der Waals surface area contributed by atoms with Crippen LogP contribution in [0.2, 0.25) is 5.02 Å². The van der Waals surface area contributed by atoms with Gasteiger partial charge < -0.3 is 14.6 Å². The number of hydrogen-bond donors (Lipinski definition) is 2. The quantitative estimate of drug-likeness (QED) is 0.789. The largest absolute Gasteiger partial charge is 0.496 e. The van der Waals surface area contributed by atoms with E-state index in [9.17, 15) is 4.79 Å². The fourth-order valence-corrected chi connectivity index (χ4v) is 3.38. The van der Waals surface area contributed by atoms with Gasteiger partial charge in [-0.15, -0.1) is 12.4 Å². The van der Waals surface area contributed by atoms with Gasteiger partial charge in [0.05, 0.1) is 12.8 Å². The SMILES string of the molecule is COc1ccc(Cl)cc1-c1cc(=O)[nH]c(=S)n1C[C@H]1CCCN1.Cl. The van der Waals surface area contributed by atoms with Crippen molar-refractivity contribution >= 4 is 36.2 Å². The molecule has 1 atom stereocenters. The molecule has 0 radical (unpaired) electrons. The predicted molar refractivity (Wildman–Crippen MR) is 101 cm³/mol. The zero-order valence-corrected chi connectivity index (χ0v) is 15.6. The molecule has 24 heavy (non-hydrogen) atoms. The lowest BCUT2D eigenvalue weighted by Crippen LogP contribution is -2.29. The van der Waals surface area contributed by atoms with E-state index in [1.165, 1.54) is 0 Å². The topological polar surface area (TPSA) is 59.1 Å². The van der Waals surface area contributed by atoms with E-state index < -0.39 is 0 Å². The molecule has 3 rings (SSSR count). The second kappa shape index (κ2) is 8.16. The van der Waals surface area contributed by atoms with Gasteiger partial charge in [0.1, 0.15) is 5.75 Å². The molecule has 0 amide bonds. The van der Waals surface area contributed by atoms with Gasteiger partial charge in [0.15, 0.2) is 4.77 Å². The maximum Gasteiger partial charge on any atom is 0.252 e. The Bertz CT molecular complexity index is 829. The van der Waals surface area contributed by atoms with Crippen molar-refractivity contribution in [3.63, 3.8) is 0 Å². The maximum atomic E-state index is 11.9. The Morgan fingerprint density at radius 3 is 2.88 bits per heavy atom. The van der Waals surface area contributed by atoms with E-state index in [-0.39, 0.29) is 18.0 Å². The van der Waals surface area contributed by atoms with Crippen molar-refractivity contribution in [3.05, 3.63) is 44.4 Å². The fraction of sp³-hybridized carbons (Fsp3) is 0.375. The number of nitrogens with zero attached hydrogens (tertiary/aromatic N) is 1. The summed E-state index contributed by atoms with van der Waals surface area (Å²) in [5, 5.41) is 4.03. The Morgan fingerprint density at radius 1 is 1.42 bits per heavy atom. The molecule has 1 fully saturated rings. The number of benzene rings is 1. The summed E-state index contributed by atoms with van der Waals surface area (Å²) in [4.78, 5) is 14.6. The lowest BCUT2D eigenvalue weighted by molar-refractivity contribution is 0.415. The number of halogens is 2. The van der Waals surface area contributed by atoms with Gasteiger partial charge in [-0.1, -0.05) is 11.6 Å². The summed E-state index contributed by atoms with van der Waals surface area (Å²) < 4.78 is 7.77. The Hall–Kier alpha value is -1.34. The van der Waals surface area contributed by atoms with Crippen LogP contribution < -0.4 is 15.6 Å². The molecule has 0 saturated carbocycles. The molecule has 1 saturated heterocycles. The van der Waals surface area contributed by atoms with Crippen LogP contribution >= 0.6 is 36.2 Å². The molecule has 2 aromatic rings. The van der Waals surface area contributed by atoms with Crippen LogP contribution in [-0.2, 0) is 6.54 Å². The number of aromatic nitrogens is 2. The maximum absolute atomic E-state index is 11.9. The minimum Gasteiger partial charge on any atom is -0.496 e. The number of aromatic amines is 1. The molecule has 1 aliphatic rings. The van der Waals surface area contributed by atoms with Crippen LogP contribution in [0.4, 0.5) is 0 Å². The standard InChI is InChI=1S/C16H18ClN3O2S.ClH/c1-22-14-5-4-10(17)7-12(14)13-8-15(21)19-16(23)20(13)9-11-3-2-6-18-11;/h4-5,7-8,11,18H,2-3,6,9H2,1H3,(H,19,21,23);1H/t11-;/m1./s1. The van der Waals surface area contributed by atoms with Crippen molar-refractivity contribution in [3.8, 4) is 17.0 Å². The van der Waals surface area contributed by atoms with Crippen molar-refractivity contribution in [1.29, 1.82) is 0 Å². The first kappa shape index (κ1) is 19.0. The summed E-state index contributed by atoms with van der Waals surface area (Å²) in [6.07, 6.45) is 2.24. The second-order valence-electron chi connectivity index (χ2n) is 5.57. The van der Waals surface area contributed by atoms with Crippen LogP contribution in [0.3, 0.4) is 0 Å². The zero-order chi connectivity index (χ0) is 16.4. The normalized spacial score (nSPS) is 16.7. The zero-order valence-electron chi connectivity index (χ0n) is 13.2. The van der Waals surface area contributed by atoms with Crippen molar-refractivity contribution in [1.82, 2.24) is 14.9 Å². The highest BCUT2D eigenvalue weighted by molar-refractivity contribution is 7.71. The van der Waals surface area contributed by atoms with Gasteiger partial charge in [-0.3, -0.25) is 9.78 Å². The number of hydrogen-bond acceptors (Lipinski definition) is 4. The Morgan fingerprint density at radius 2 is 2.21 bits per heavy atom. The Kier molecular flexibility index (Phi) is 6.46. The van der Waals surface area contributed by atoms with E-state index in [2.05, 4.69) is 10.3 Å². The van der Waals surface area contributed by atoms with Gasteiger partial charge in [-0.05, 0) is 49.8 Å². The van der Waals surface area contributed by atoms with Crippen LogP contribution in [0.1, 0.15) is 12.8 Å². The third kappa shape index (κ3) is 4.00. The lowest BCUT2D eigenvalue weighted by Gasteiger charge is -2.19. The number of methoxy groups -OCH3 is 1. The molecule has 130 valence electrons. The second-order valence-corrected chi connectivity index (χ2v) is 6.40. The van der Waals surface area contributed by atoms with Crippen LogP contribution in [0.5, 0.6) is 5.75 Å². The molecule has 5 nitrogen and oxygen atoms in total. The summed E-state index contributed by atoms with van der Waals surface area (Å²) in [6.45, 7) is 1.71. The highest BCUT2D eigenvalue weighted by Gasteiger charge is 2.18. The average molecular weight is 388 g/mol. The van der Waals surface area contributed by atoms with E-state index in [4.69, 9.17) is 28.6 Å². The summed E-state index contributed by atoms with van der Waals surface area (Å²) in [7, 11) is 1.59. The van der Waals surface area contributed by atoms with Gasteiger partial charge >= 0.3 is 0 Å². The first-order chi connectivity index (χ1) is 11.1. The molecular weight excluding hydrogens is 369 g/mol. The Balaban J connectivity index is 0.00000208. The van der Waals surface area contributed by atoms with Crippen LogP contribution in [0.25, 0.3) is 11.3 Å². The fourth-order valence-electron chi connectivity index (χ4n) is 2.94. The van der Waals surface area contributed by atoms with E-state index in [0.717, 1.165) is 24.9 Å². The summed E-state index contributed by atoms with van der Waals surface area (Å²) in [6, 6.07) is 7.23. The minimum absolute atomic E-state index is 0. The van der Waals surface area contributed by atoms with E-state index in [0.29, 0.717) is 33.8 Å². The van der Waals surface area contributed by atoms with E-state index >= 15 is 0 Å². The first-order valence-corrected chi connectivity index (χ1v) is 8.28. The highest BCUT2D eigenvalue weighted by atomic mass is 35.5. The van der Waals surface area contributed by atoms with Gasteiger partial charge in [0.2, 0.25) is 0 Å². The minimum atomic E-state index is -0.234. The smallest absolute Gasteiger partial charge is 0.252 e. The van der Waals surface area contributed by atoms with Gasteiger partial charge in [0.25, 0.3) is 5.56 Å². The van der Waals surface area contributed by atoms with Gasteiger partial charge in [-0.25, -0.2) is 0 Å². The van der Waals surface area contributed by atoms with Gasteiger partial charge in [0, 0.05) is 29.2 Å². The van der Waals surface area contributed by atoms with Crippen molar-refractivity contribution < 1.29 is 4.74 Å². The van der Waals surface area contributed by atoms with Crippen molar-refractivity contribution in [2.24, 2.45) is 0 Å². The monoisotopic (exact) mass is 387 g/mol. The number of rotatable bonds is 4. The molecule has 0 aliphatic carbocycles. The summed E-state index contributed by atoms with van der Waals surface area (Å²) in [5.74, 6) is 0.655. The first-order valence-electron chi connectivity index (χ1n) is 7.50. The molecular formula is C16H19Cl2N3O2S. The van der Waals surface area contributed by atoms with Gasteiger partial charge in [-0.2, -0.15) is 0 Å². The third-order valence-electron chi connectivity index (χ3n) is 4.04. The highest BCUT2D eigenvalue weighted by Crippen LogP contribution is 2.32. The lowest BCUT2D eigenvalue weighted by atomic mass is 10.1. The average Bonchev–Trinajstić information content (AvgIpc) is 3.03. The van der Waals surface area contributed by atoms with Crippen molar-refractivity contribution in [2.45, 2.75) is 25.4 Å². The number of ether oxygens (including phenoxy) is 1.